The third kappa shape index (κ3) is 5.60. The van der Waals surface area contributed by atoms with E-state index in [0.29, 0.717) is 43.9 Å². The van der Waals surface area contributed by atoms with Crippen LogP contribution in [0.1, 0.15) is 18.4 Å². The van der Waals surface area contributed by atoms with Crippen molar-refractivity contribution in [2.75, 3.05) is 38.0 Å². The molecule has 0 aliphatic rings. The number of carbonyl (C=O) groups excluding carboxylic acids is 1. The summed E-state index contributed by atoms with van der Waals surface area (Å²) in [6, 6.07) is 9.09. The number of anilines is 2. The van der Waals surface area contributed by atoms with Crippen molar-refractivity contribution < 1.29 is 14.3 Å². The van der Waals surface area contributed by atoms with Gasteiger partial charge < -0.3 is 20.5 Å². The van der Waals surface area contributed by atoms with Crippen LogP contribution in [-0.2, 0) is 14.3 Å². The van der Waals surface area contributed by atoms with Gasteiger partial charge in [-0.1, -0.05) is 0 Å². The molecule has 0 aliphatic carbocycles. The molecule has 1 aromatic carbocycles. The zero-order valence-electron chi connectivity index (χ0n) is 14.1. The summed E-state index contributed by atoms with van der Waals surface area (Å²) < 4.78 is 11.7. The van der Waals surface area contributed by atoms with Crippen LogP contribution in [-0.4, -0.2) is 42.6 Å². The molecule has 132 valence electrons. The number of aromatic nitrogens is 2. The number of rotatable bonds is 9. The molecule has 8 nitrogen and oxygen atoms in total. The second-order valence-electron chi connectivity index (χ2n) is 5.29. The monoisotopic (exact) mass is 343 g/mol. The van der Waals surface area contributed by atoms with Crippen LogP contribution in [0.3, 0.4) is 0 Å². The highest BCUT2D eigenvalue weighted by Gasteiger charge is 2.07. The number of benzene rings is 1. The maximum absolute atomic E-state index is 11.9. The van der Waals surface area contributed by atoms with Crippen molar-refractivity contribution in [3.63, 3.8) is 0 Å². The maximum atomic E-state index is 11.9. The van der Waals surface area contributed by atoms with Crippen molar-refractivity contribution in [2.45, 2.75) is 12.8 Å². The summed E-state index contributed by atoms with van der Waals surface area (Å²) in [6.07, 6.45) is 2.60. The number of hydrogen-bond donors (Lipinski definition) is 2. The minimum absolute atomic E-state index is 0.0711. The van der Waals surface area contributed by atoms with Gasteiger partial charge in [0.15, 0.2) is 5.82 Å². The molecule has 0 spiro atoms. The van der Waals surface area contributed by atoms with Gasteiger partial charge in [-0.15, -0.1) is 5.10 Å². The fourth-order valence-corrected chi connectivity index (χ4v) is 2.11. The van der Waals surface area contributed by atoms with E-state index >= 15 is 0 Å². The van der Waals surface area contributed by atoms with Gasteiger partial charge in [-0.05, 0) is 30.7 Å². The molecule has 0 atom stereocenters. The molecule has 1 heterocycles. The van der Waals surface area contributed by atoms with Crippen LogP contribution in [0.5, 0.6) is 0 Å². The lowest BCUT2D eigenvalue weighted by molar-refractivity contribution is -0.116. The number of carbonyl (C=O) groups is 1. The molecule has 8 heteroatoms. The SMILES string of the molecule is COCCOCCCC(=O)Nc1ccc(-n2cc(C#N)c(N)n2)cc1. The van der Waals surface area contributed by atoms with E-state index in [2.05, 4.69) is 10.4 Å². The van der Waals surface area contributed by atoms with Crippen LogP contribution in [0.4, 0.5) is 11.5 Å². The van der Waals surface area contributed by atoms with E-state index in [1.807, 2.05) is 6.07 Å². The third-order valence-corrected chi connectivity index (χ3v) is 3.40. The van der Waals surface area contributed by atoms with E-state index in [-0.39, 0.29) is 11.7 Å². The Morgan fingerprint density at radius 2 is 2.08 bits per heavy atom. The van der Waals surface area contributed by atoms with Gasteiger partial charge in [0, 0.05) is 25.8 Å². The second kappa shape index (κ2) is 9.42. The average molecular weight is 343 g/mol. The number of methoxy groups -OCH3 is 1. The molecule has 3 N–H and O–H groups in total. The molecule has 0 unspecified atom stereocenters. The van der Waals surface area contributed by atoms with Crippen LogP contribution in [0.2, 0.25) is 0 Å². The van der Waals surface area contributed by atoms with Gasteiger partial charge in [-0.25, -0.2) is 4.68 Å². The minimum atomic E-state index is -0.0711. The quantitative estimate of drug-likeness (QED) is 0.670. The Labute approximate surface area is 146 Å². The second-order valence-corrected chi connectivity index (χ2v) is 5.29. The Balaban J connectivity index is 1.81. The molecule has 0 saturated carbocycles. The average Bonchev–Trinajstić information content (AvgIpc) is 2.99. The Hall–Kier alpha value is -2.89. The molecule has 2 aromatic rings. The first-order valence-electron chi connectivity index (χ1n) is 7.86. The number of nitrogens with one attached hydrogen (secondary N) is 1. The fraction of sp³-hybridized carbons (Fsp3) is 0.353. The Kier molecular flexibility index (Phi) is 6.95. The Morgan fingerprint density at radius 3 is 2.72 bits per heavy atom. The van der Waals surface area contributed by atoms with Gasteiger partial charge in [0.2, 0.25) is 5.91 Å². The van der Waals surface area contributed by atoms with E-state index in [9.17, 15) is 4.79 Å². The molecule has 0 aliphatic heterocycles. The molecule has 1 aromatic heterocycles. The number of nitrogens with two attached hydrogens (primary N) is 1. The number of amides is 1. The number of nitriles is 1. The summed E-state index contributed by atoms with van der Waals surface area (Å²) in [5.41, 5.74) is 7.40. The number of nitrogen functional groups attached to an aromatic ring is 1. The molecule has 1 amide bonds. The van der Waals surface area contributed by atoms with Gasteiger partial charge in [0.1, 0.15) is 11.6 Å². The van der Waals surface area contributed by atoms with Crippen LogP contribution in [0.15, 0.2) is 30.5 Å². The number of nitrogens with zero attached hydrogens (tertiary/aromatic N) is 3. The number of hydrogen-bond acceptors (Lipinski definition) is 6. The first kappa shape index (κ1) is 18.4. The number of ether oxygens (including phenoxy) is 2. The first-order chi connectivity index (χ1) is 12.1. The van der Waals surface area contributed by atoms with Gasteiger partial charge >= 0.3 is 0 Å². The molecule has 0 saturated heterocycles. The molecule has 0 bridgehead atoms. The van der Waals surface area contributed by atoms with Crippen LogP contribution >= 0.6 is 0 Å². The molecule has 0 radical (unpaired) electrons. The smallest absolute Gasteiger partial charge is 0.224 e. The van der Waals surface area contributed by atoms with Gasteiger partial charge in [0.05, 0.1) is 25.1 Å². The van der Waals surface area contributed by atoms with E-state index in [1.165, 1.54) is 4.68 Å². The van der Waals surface area contributed by atoms with Crippen LogP contribution in [0.25, 0.3) is 5.69 Å². The maximum Gasteiger partial charge on any atom is 0.224 e. The van der Waals surface area contributed by atoms with Crippen LogP contribution < -0.4 is 11.1 Å². The lowest BCUT2D eigenvalue weighted by Gasteiger charge is -2.07. The van der Waals surface area contributed by atoms with E-state index in [0.717, 1.165) is 5.69 Å². The standard InChI is InChI=1S/C17H21N5O3/c1-24-9-10-25-8-2-3-16(23)20-14-4-6-15(7-5-14)22-12-13(11-18)17(19)21-22/h4-7,12H,2-3,8-10H2,1H3,(H2,19,21)(H,20,23). The Bertz CT molecular complexity index is 734. The van der Waals surface area contributed by atoms with Crippen molar-refractivity contribution in [2.24, 2.45) is 0 Å². The lowest BCUT2D eigenvalue weighted by atomic mass is 10.2. The normalized spacial score (nSPS) is 10.4. The topological polar surface area (TPSA) is 115 Å². The van der Waals surface area contributed by atoms with Gasteiger partial charge in [-0.2, -0.15) is 5.26 Å². The highest BCUT2D eigenvalue weighted by molar-refractivity contribution is 5.90. The zero-order valence-corrected chi connectivity index (χ0v) is 14.1. The van der Waals surface area contributed by atoms with Crippen molar-refractivity contribution in [3.8, 4) is 11.8 Å². The fourth-order valence-electron chi connectivity index (χ4n) is 2.11. The highest BCUT2D eigenvalue weighted by atomic mass is 16.5. The summed E-state index contributed by atoms with van der Waals surface area (Å²) in [4.78, 5) is 11.9. The predicted octanol–water partition coefficient (Wildman–Crippen LogP) is 1.71. The van der Waals surface area contributed by atoms with Gasteiger partial charge in [-0.3, -0.25) is 4.79 Å². The predicted molar refractivity (Wildman–Crippen MR) is 93.3 cm³/mol. The van der Waals surface area contributed by atoms with Crippen LogP contribution in [0, 0.1) is 11.3 Å². The molecule has 25 heavy (non-hydrogen) atoms. The zero-order chi connectivity index (χ0) is 18.1. The van der Waals surface area contributed by atoms with Crippen molar-refractivity contribution in [1.82, 2.24) is 9.78 Å². The molecule has 0 fully saturated rings. The van der Waals surface area contributed by atoms with Gasteiger partial charge in [0.25, 0.3) is 0 Å². The van der Waals surface area contributed by atoms with E-state index in [4.69, 9.17) is 20.5 Å². The summed E-state index contributed by atoms with van der Waals surface area (Å²) >= 11 is 0. The highest BCUT2D eigenvalue weighted by Crippen LogP contribution is 2.16. The minimum Gasteiger partial charge on any atom is -0.382 e. The van der Waals surface area contributed by atoms with E-state index < -0.39 is 0 Å². The van der Waals surface area contributed by atoms with E-state index in [1.54, 1.807) is 37.6 Å². The molecular weight excluding hydrogens is 322 g/mol. The summed E-state index contributed by atoms with van der Waals surface area (Å²) in [6.45, 7) is 1.61. The first-order valence-corrected chi connectivity index (χ1v) is 7.86. The third-order valence-electron chi connectivity index (χ3n) is 3.40. The van der Waals surface area contributed by atoms with Crippen molar-refractivity contribution in [3.05, 3.63) is 36.0 Å². The lowest BCUT2D eigenvalue weighted by Crippen LogP contribution is -2.13. The van der Waals surface area contributed by atoms with Crippen molar-refractivity contribution in [1.29, 1.82) is 5.26 Å². The largest absolute Gasteiger partial charge is 0.382 e. The summed E-state index contributed by atoms with van der Waals surface area (Å²) in [7, 11) is 1.62. The van der Waals surface area contributed by atoms with Crippen molar-refractivity contribution >= 4 is 17.4 Å². The summed E-state index contributed by atoms with van der Waals surface area (Å²) in [5.74, 6) is 0.116. The molecular formula is C17H21N5O3. The Morgan fingerprint density at radius 1 is 1.32 bits per heavy atom. The summed E-state index contributed by atoms with van der Waals surface area (Å²) in [5, 5.41) is 15.8. The molecule has 2 rings (SSSR count).